The van der Waals surface area contributed by atoms with Crippen LogP contribution in [-0.4, -0.2) is 24.3 Å². The van der Waals surface area contributed by atoms with Gasteiger partial charge in [0.15, 0.2) is 0 Å². The number of sulfonamides is 1. The first-order valence-electron chi connectivity index (χ1n) is 9.49. The topological polar surface area (TPSA) is 141 Å². The monoisotopic (exact) mass is 450 g/mol. The van der Waals surface area contributed by atoms with E-state index in [0.29, 0.717) is 5.69 Å². The van der Waals surface area contributed by atoms with Crippen molar-refractivity contribution in [3.8, 4) is 0 Å². The maximum atomic E-state index is 13.0. The molecule has 4 rings (SSSR count). The molecule has 9 nitrogen and oxygen atoms in total. The Labute approximate surface area is 182 Å². The van der Waals surface area contributed by atoms with E-state index in [0.717, 1.165) is 5.56 Å². The Balaban J connectivity index is 1.66. The molecule has 0 spiro atoms. The molecule has 0 unspecified atom stereocenters. The molecule has 0 aliphatic heterocycles. The summed E-state index contributed by atoms with van der Waals surface area (Å²) >= 11 is 0. The van der Waals surface area contributed by atoms with Gasteiger partial charge in [-0.05, 0) is 55.0 Å². The molecule has 0 bridgehead atoms. The first-order chi connectivity index (χ1) is 15.2. The van der Waals surface area contributed by atoms with Crippen LogP contribution in [0.15, 0.2) is 81.2 Å². The fourth-order valence-corrected chi connectivity index (χ4v) is 4.26. The number of carbonyl (C=O) groups excluding carboxylic acids is 1. The summed E-state index contributed by atoms with van der Waals surface area (Å²) in [6.45, 7) is 1.89. The zero-order valence-corrected chi connectivity index (χ0v) is 17.6. The van der Waals surface area contributed by atoms with Crippen LogP contribution in [0.25, 0.3) is 11.0 Å². The summed E-state index contributed by atoms with van der Waals surface area (Å²) < 4.78 is 28.4. The molecule has 3 aromatic carbocycles. The van der Waals surface area contributed by atoms with Crippen LogP contribution in [0.3, 0.4) is 0 Å². The molecule has 0 aliphatic carbocycles. The second kappa shape index (κ2) is 8.16. The van der Waals surface area contributed by atoms with Gasteiger partial charge in [-0.15, -0.1) is 0 Å². The Bertz CT molecular complexity index is 1570. The smallest absolute Gasteiger partial charge is 0.314 e. The number of aryl methyl sites for hydroxylation is 1. The molecule has 1 heterocycles. The Kier molecular flexibility index (Phi) is 5.37. The minimum Gasteiger partial charge on any atom is -0.322 e. The number of hydrogen-bond acceptors (Lipinski definition) is 5. The number of anilines is 2. The first kappa shape index (κ1) is 21.1. The lowest BCUT2D eigenvalue weighted by atomic mass is 10.1. The molecule has 0 fully saturated rings. The molecule has 32 heavy (non-hydrogen) atoms. The normalized spacial score (nSPS) is 11.3. The average molecular weight is 450 g/mol. The van der Waals surface area contributed by atoms with Crippen LogP contribution in [0.1, 0.15) is 15.9 Å². The second-order valence-electron chi connectivity index (χ2n) is 7.09. The molecule has 0 atom stereocenters. The molecule has 1 aromatic heterocycles. The summed E-state index contributed by atoms with van der Waals surface area (Å²) in [4.78, 5) is 40.4. The molecule has 4 aromatic rings. The lowest BCUT2D eigenvalue weighted by Crippen LogP contribution is -2.29. The van der Waals surface area contributed by atoms with Crippen LogP contribution in [0, 0.1) is 6.92 Å². The minimum absolute atomic E-state index is 0.0905. The number of hydrogen-bond donors (Lipinski definition) is 4. The highest BCUT2D eigenvalue weighted by atomic mass is 32.2. The predicted molar refractivity (Wildman–Crippen MR) is 122 cm³/mol. The van der Waals surface area contributed by atoms with Crippen molar-refractivity contribution in [1.82, 2.24) is 9.97 Å². The SMILES string of the molecule is Cc1cccc(NC(=O)c2ccccc2NS(=O)(=O)c2ccc3[nH]c(=O)c(=O)[nH]c3c2)c1. The summed E-state index contributed by atoms with van der Waals surface area (Å²) in [5.41, 5.74) is 0.490. The number of benzene rings is 3. The van der Waals surface area contributed by atoms with Gasteiger partial charge < -0.3 is 15.3 Å². The maximum absolute atomic E-state index is 13.0. The number of aromatic amines is 2. The molecule has 1 amide bonds. The molecule has 0 saturated carbocycles. The van der Waals surface area contributed by atoms with Gasteiger partial charge in [0.1, 0.15) is 0 Å². The number of carbonyl (C=O) groups is 1. The number of para-hydroxylation sites is 1. The van der Waals surface area contributed by atoms with Crippen molar-refractivity contribution in [3.05, 3.63) is 98.6 Å². The van der Waals surface area contributed by atoms with E-state index >= 15 is 0 Å². The first-order valence-corrected chi connectivity index (χ1v) is 11.0. The number of nitrogens with one attached hydrogen (secondary N) is 4. The number of rotatable bonds is 5. The third-order valence-electron chi connectivity index (χ3n) is 4.70. The summed E-state index contributed by atoms with van der Waals surface area (Å²) in [5.74, 6) is -0.477. The van der Waals surface area contributed by atoms with Crippen LogP contribution in [0.5, 0.6) is 0 Å². The number of amides is 1. The van der Waals surface area contributed by atoms with Gasteiger partial charge in [0.2, 0.25) is 0 Å². The fourth-order valence-electron chi connectivity index (χ4n) is 3.16. The van der Waals surface area contributed by atoms with Gasteiger partial charge in [-0.2, -0.15) is 0 Å². The third kappa shape index (κ3) is 4.30. The molecule has 0 radical (unpaired) electrons. The van der Waals surface area contributed by atoms with Gasteiger partial charge in [0.25, 0.3) is 15.9 Å². The van der Waals surface area contributed by atoms with Gasteiger partial charge in [0.05, 0.1) is 27.2 Å². The van der Waals surface area contributed by atoms with E-state index < -0.39 is 27.0 Å². The predicted octanol–water partition coefficient (Wildman–Crippen LogP) is 2.58. The molecule has 0 aliphatic rings. The van der Waals surface area contributed by atoms with E-state index in [1.807, 2.05) is 13.0 Å². The van der Waals surface area contributed by atoms with Gasteiger partial charge in [0, 0.05) is 5.69 Å². The van der Waals surface area contributed by atoms with E-state index in [4.69, 9.17) is 0 Å². The molecule has 4 N–H and O–H groups in total. The molecule has 10 heteroatoms. The van der Waals surface area contributed by atoms with Gasteiger partial charge in [-0.3, -0.25) is 19.1 Å². The average Bonchev–Trinajstić information content (AvgIpc) is 2.74. The van der Waals surface area contributed by atoms with Crippen LogP contribution in [0.2, 0.25) is 0 Å². The van der Waals surface area contributed by atoms with Crippen molar-refractivity contribution in [3.63, 3.8) is 0 Å². The second-order valence-corrected chi connectivity index (χ2v) is 8.77. The standard InChI is InChI=1S/C22H18N4O5S/c1-13-5-4-6-14(11-13)23-20(27)16-7-2-3-8-17(16)26-32(30,31)15-9-10-18-19(12-15)25-22(29)21(28)24-18/h2-12,26H,1H3,(H,23,27)(H,24,28)(H,25,29). The highest BCUT2D eigenvalue weighted by Gasteiger charge is 2.19. The third-order valence-corrected chi connectivity index (χ3v) is 6.06. The summed E-state index contributed by atoms with van der Waals surface area (Å²) in [6, 6.07) is 17.3. The van der Waals surface area contributed by atoms with Crippen molar-refractivity contribution in [2.45, 2.75) is 11.8 Å². The number of fused-ring (bicyclic) bond motifs is 1. The number of H-pyrrole nitrogens is 2. The van der Waals surface area contributed by atoms with Gasteiger partial charge in [-0.25, -0.2) is 8.42 Å². The molecular weight excluding hydrogens is 432 g/mol. The van der Waals surface area contributed by atoms with Crippen molar-refractivity contribution in [2.24, 2.45) is 0 Å². The molecule has 162 valence electrons. The highest BCUT2D eigenvalue weighted by molar-refractivity contribution is 7.92. The highest BCUT2D eigenvalue weighted by Crippen LogP contribution is 2.23. The van der Waals surface area contributed by atoms with Crippen molar-refractivity contribution in [2.75, 3.05) is 10.0 Å². The largest absolute Gasteiger partial charge is 0.322 e. The van der Waals surface area contributed by atoms with Crippen molar-refractivity contribution >= 4 is 38.3 Å². The Morgan fingerprint density at radius 1 is 0.844 bits per heavy atom. The molecule has 0 saturated heterocycles. The quantitative estimate of drug-likeness (QED) is 0.346. The number of aromatic nitrogens is 2. The zero-order chi connectivity index (χ0) is 22.9. The Hall–Kier alpha value is -4.18. The maximum Gasteiger partial charge on any atom is 0.314 e. The van der Waals surface area contributed by atoms with E-state index in [2.05, 4.69) is 20.0 Å². The van der Waals surface area contributed by atoms with Gasteiger partial charge >= 0.3 is 11.1 Å². The summed E-state index contributed by atoms with van der Waals surface area (Å²) in [7, 11) is -4.11. The van der Waals surface area contributed by atoms with E-state index in [-0.39, 0.29) is 27.2 Å². The van der Waals surface area contributed by atoms with E-state index in [1.165, 1.54) is 30.3 Å². The van der Waals surface area contributed by atoms with Crippen molar-refractivity contribution in [1.29, 1.82) is 0 Å². The Morgan fingerprint density at radius 3 is 2.31 bits per heavy atom. The summed E-state index contributed by atoms with van der Waals surface area (Å²) in [5, 5.41) is 2.75. The van der Waals surface area contributed by atoms with Crippen molar-refractivity contribution < 1.29 is 13.2 Å². The van der Waals surface area contributed by atoms with Gasteiger partial charge in [-0.1, -0.05) is 24.3 Å². The molecular formula is C22H18N4O5S. The van der Waals surface area contributed by atoms with Crippen LogP contribution >= 0.6 is 0 Å². The van der Waals surface area contributed by atoms with E-state index in [1.54, 1.807) is 30.3 Å². The van der Waals surface area contributed by atoms with Crippen LogP contribution in [-0.2, 0) is 10.0 Å². The summed E-state index contributed by atoms with van der Waals surface area (Å²) in [6.07, 6.45) is 0. The lowest BCUT2D eigenvalue weighted by molar-refractivity contribution is 0.102. The lowest BCUT2D eigenvalue weighted by Gasteiger charge is -2.13. The van der Waals surface area contributed by atoms with E-state index in [9.17, 15) is 22.8 Å². The fraction of sp³-hybridized carbons (Fsp3) is 0.0455. The van der Waals surface area contributed by atoms with Crippen LogP contribution < -0.4 is 21.2 Å². The zero-order valence-electron chi connectivity index (χ0n) is 16.8. The Morgan fingerprint density at radius 2 is 1.56 bits per heavy atom. The minimum atomic E-state index is -4.11. The van der Waals surface area contributed by atoms with Crippen LogP contribution in [0.4, 0.5) is 11.4 Å².